The molecular formula is C47H29N3O. The van der Waals surface area contributed by atoms with E-state index in [0.29, 0.717) is 17.5 Å². The zero-order valence-corrected chi connectivity index (χ0v) is 27.5. The van der Waals surface area contributed by atoms with Crippen LogP contribution >= 0.6 is 0 Å². The maximum Gasteiger partial charge on any atom is 0.165 e. The number of aromatic nitrogens is 3. The van der Waals surface area contributed by atoms with Crippen LogP contribution in [-0.2, 0) is 0 Å². The van der Waals surface area contributed by atoms with Crippen LogP contribution in [0.3, 0.4) is 0 Å². The molecule has 4 heteroatoms. The molecule has 0 aliphatic rings. The summed E-state index contributed by atoms with van der Waals surface area (Å²) in [6, 6.07) is 61.0. The number of fused-ring (bicyclic) bond motifs is 5. The Morgan fingerprint density at radius 2 is 0.765 bits per heavy atom. The smallest absolute Gasteiger partial charge is 0.165 e. The van der Waals surface area contributed by atoms with Crippen molar-refractivity contribution in [2.24, 2.45) is 0 Å². The second-order valence-electron chi connectivity index (χ2n) is 12.7. The largest absolute Gasteiger partial charge is 0.455 e. The van der Waals surface area contributed by atoms with E-state index in [2.05, 4.69) is 103 Å². The van der Waals surface area contributed by atoms with E-state index in [1.54, 1.807) is 0 Å². The third-order valence-corrected chi connectivity index (χ3v) is 9.72. The van der Waals surface area contributed by atoms with Crippen molar-refractivity contribution in [3.8, 4) is 56.4 Å². The summed E-state index contributed by atoms with van der Waals surface area (Å²) in [5.41, 5.74) is 9.15. The van der Waals surface area contributed by atoms with E-state index in [1.807, 2.05) is 72.8 Å². The normalized spacial score (nSPS) is 11.5. The first-order chi connectivity index (χ1) is 25.3. The summed E-state index contributed by atoms with van der Waals surface area (Å²) in [4.78, 5) is 15.3. The molecular weight excluding hydrogens is 623 g/mol. The number of nitrogens with zero attached hydrogens (tertiary/aromatic N) is 3. The third-order valence-electron chi connectivity index (χ3n) is 9.72. The Labute approximate surface area is 294 Å². The van der Waals surface area contributed by atoms with Gasteiger partial charge in [0.05, 0.1) is 0 Å². The topological polar surface area (TPSA) is 51.8 Å². The Morgan fingerprint density at radius 3 is 1.39 bits per heavy atom. The lowest BCUT2D eigenvalue weighted by Gasteiger charge is -2.18. The molecule has 0 aliphatic carbocycles. The first kappa shape index (κ1) is 29.0. The molecule has 0 atom stereocenters. The number of rotatable bonds is 5. The highest BCUT2D eigenvalue weighted by Crippen LogP contribution is 2.44. The first-order valence-corrected chi connectivity index (χ1v) is 17.1. The van der Waals surface area contributed by atoms with E-state index in [1.165, 1.54) is 5.56 Å². The maximum absolute atomic E-state index is 6.45. The zero-order chi connectivity index (χ0) is 33.7. The van der Waals surface area contributed by atoms with Crippen LogP contribution in [0, 0.1) is 0 Å². The molecule has 2 heterocycles. The molecule has 0 aliphatic heterocycles. The van der Waals surface area contributed by atoms with Crippen LogP contribution in [0.5, 0.6) is 0 Å². The van der Waals surface area contributed by atoms with Gasteiger partial charge in [0.1, 0.15) is 11.2 Å². The van der Waals surface area contributed by atoms with Gasteiger partial charge in [0.15, 0.2) is 17.5 Å². The highest BCUT2D eigenvalue weighted by Gasteiger charge is 2.21. The monoisotopic (exact) mass is 651 g/mol. The Morgan fingerprint density at radius 1 is 0.314 bits per heavy atom. The molecule has 0 unspecified atom stereocenters. The Balaban J connectivity index is 1.22. The molecule has 0 spiro atoms. The van der Waals surface area contributed by atoms with Gasteiger partial charge in [0, 0.05) is 33.0 Å². The molecule has 0 bridgehead atoms. The van der Waals surface area contributed by atoms with Gasteiger partial charge in [-0.05, 0) is 50.4 Å². The van der Waals surface area contributed by atoms with Gasteiger partial charge >= 0.3 is 0 Å². The molecule has 238 valence electrons. The minimum Gasteiger partial charge on any atom is -0.455 e. The second-order valence-corrected chi connectivity index (χ2v) is 12.7. The van der Waals surface area contributed by atoms with Gasteiger partial charge in [0.2, 0.25) is 0 Å². The van der Waals surface area contributed by atoms with E-state index in [0.717, 1.165) is 76.9 Å². The van der Waals surface area contributed by atoms with E-state index >= 15 is 0 Å². The van der Waals surface area contributed by atoms with Crippen molar-refractivity contribution in [1.29, 1.82) is 0 Å². The van der Waals surface area contributed by atoms with Crippen LogP contribution in [0.15, 0.2) is 180 Å². The highest BCUT2D eigenvalue weighted by atomic mass is 16.3. The predicted molar refractivity (Wildman–Crippen MR) is 209 cm³/mol. The quantitative estimate of drug-likeness (QED) is 0.174. The van der Waals surface area contributed by atoms with Gasteiger partial charge < -0.3 is 4.42 Å². The predicted octanol–water partition coefficient (Wildman–Crippen LogP) is 12.4. The van der Waals surface area contributed by atoms with Gasteiger partial charge in [-0.3, -0.25) is 0 Å². The fourth-order valence-electron chi connectivity index (χ4n) is 7.42. The fourth-order valence-corrected chi connectivity index (χ4v) is 7.42. The SMILES string of the molecule is c1ccc(-c2nc(-c3ccccc3)nc(-c3c4ccccc4c(-c4cccc(-c5cccc6c5oc5ccccc56)c4)c4ccccc34)n2)cc1. The minimum atomic E-state index is 0.643. The Hall–Kier alpha value is -6.91. The van der Waals surface area contributed by atoms with E-state index in [9.17, 15) is 0 Å². The third kappa shape index (κ3) is 4.88. The molecule has 8 aromatic carbocycles. The van der Waals surface area contributed by atoms with E-state index in [-0.39, 0.29) is 0 Å². The molecule has 0 saturated heterocycles. The fraction of sp³-hybridized carbons (Fsp3) is 0. The summed E-state index contributed by atoms with van der Waals surface area (Å²) in [7, 11) is 0. The molecule has 0 amide bonds. The van der Waals surface area contributed by atoms with Crippen LogP contribution in [-0.4, -0.2) is 15.0 Å². The highest BCUT2D eigenvalue weighted by molar-refractivity contribution is 6.21. The molecule has 0 fully saturated rings. The average molecular weight is 652 g/mol. The zero-order valence-electron chi connectivity index (χ0n) is 27.5. The van der Waals surface area contributed by atoms with Crippen molar-refractivity contribution in [2.75, 3.05) is 0 Å². The molecule has 4 nitrogen and oxygen atoms in total. The summed E-state index contributed by atoms with van der Waals surface area (Å²) in [6.07, 6.45) is 0. The van der Waals surface area contributed by atoms with Gasteiger partial charge in [-0.2, -0.15) is 0 Å². The lowest BCUT2D eigenvalue weighted by atomic mass is 9.87. The van der Waals surface area contributed by atoms with Crippen LogP contribution in [0.25, 0.3) is 99.9 Å². The number of para-hydroxylation sites is 2. The van der Waals surface area contributed by atoms with Crippen LogP contribution in [0.4, 0.5) is 0 Å². The van der Waals surface area contributed by atoms with Gasteiger partial charge in [-0.15, -0.1) is 0 Å². The van der Waals surface area contributed by atoms with Gasteiger partial charge in [-0.25, -0.2) is 15.0 Å². The molecule has 0 saturated carbocycles. The maximum atomic E-state index is 6.45. The summed E-state index contributed by atoms with van der Waals surface area (Å²) < 4.78 is 6.45. The van der Waals surface area contributed by atoms with E-state index < -0.39 is 0 Å². The van der Waals surface area contributed by atoms with Crippen molar-refractivity contribution in [1.82, 2.24) is 15.0 Å². The summed E-state index contributed by atoms with van der Waals surface area (Å²) in [5.74, 6) is 1.93. The van der Waals surface area contributed by atoms with Crippen LogP contribution in [0.1, 0.15) is 0 Å². The van der Waals surface area contributed by atoms with E-state index in [4.69, 9.17) is 19.4 Å². The molecule has 0 radical (unpaired) electrons. The molecule has 2 aromatic heterocycles. The van der Waals surface area contributed by atoms with Crippen molar-refractivity contribution < 1.29 is 4.42 Å². The number of hydrogen-bond acceptors (Lipinski definition) is 4. The lowest BCUT2D eigenvalue weighted by molar-refractivity contribution is 0.670. The Bertz CT molecular complexity index is 2800. The van der Waals surface area contributed by atoms with Crippen molar-refractivity contribution in [2.45, 2.75) is 0 Å². The summed E-state index contributed by atoms with van der Waals surface area (Å²) in [6.45, 7) is 0. The van der Waals surface area contributed by atoms with Crippen molar-refractivity contribution in [3.63, 3.8) is 0 Å². The average Bonchev–Trinajstić information content (AvgIpc) is 3.59. The first-order valence-electron chi connectivity index (χ1n) is 17.1. The lowest BCUT2D eigenvalue weighted by Crippen LogP contribution is -2.01. The van der Waals surface area contributed by atoms with Crippen LogP contribution in [0.2, 0.25) is 0 Å². The molecule has 10 rings (SSSR count). The Kier molecular flexibility index (Phi) is 6.78. The van der Waals surface area contributed by atoms with Crippen molar-refractivity contribution in [3.05, 3.63) is 176 Å². The molecule has 0 N–H and O–H groups in total. The molecule has 10 aromatic rings. The summed E-state index contributed by atoms with van der Waals surface area (Å²) in [5, 5.41) is 6.68. The number of furan rings is 1. The molecule has 51 heavy (non-hydrogen) atoms. The standard InChI is InChI=1S/C47H29N3O/c1-3-15-30(16-4-1)45-48-46(31-17-5-2-6-18-31)50-47(49-45)43-38-24-9-7-22-36(38)42(37-23-8-10-25-39(37)43)33-20-13-19-32(29-33)34-26-14-27-40-35-21-11-12-28-41(35)51-44(34)40/h1-29H. The van der Waals surface area contributed by atoms with Crippen molar-refractivity contribution >= 4 is 43.5 Å². The van der Waals surface area contributed by atoms with Crippen LogP contribution < -0.4 is 0 Å². The second kappa shape index (κ2) is 11.9. The van der Waals surface area contributed by atoms with Gasteiger partial charge in [-0.1, -0.05) is 164 Å². The summed E-state index contributed by atoms with van der Waals surface area (Å²) >= 11 is 0. The van der Waals surface area contributed by atoms with Gasteiger partial charge in [0.25, 0.3) is 0 Å². The number of benzene rings is 8. The number of hydrogen-bond donors (Lipinski definition) is 0. The minimum absolute atomic E-state index is 0.643.